The summed E-state index contributed by atoms with van der Waals surface area (Å²) in [6.45, 7) is 20.4. The summed E-state index contributed by atoms with van der Waals surface area (Å²) in [6.07, 6.45) is 15.6. The Morgan fingerprint density at radius 2 is 0.870 bits per heavy atom. The molecule has 0 rings (SSSR count). The fourth-order valence-electron chi connectivity index (χ4n) is 11.2. The predicted molar refractivity (Wildman–Crippen MR) is 365 cm³/mol. The normalized spacial score (nSPS) is 14.8. The van der Waals surface area contributed by atoms with E-state index in [4.69, 9.17) is 28.7 Å². The van der Waals surface area contributed by atoms with Crippen LogP contribution in [0.5, 0.6) is 0 Å². The zero-order chi connectivity index (χ0) is 69.9. The summed E-state index contributed by atoms with van der Waals surface area (Å²) < 4.78 is 0. The first-order valence-corrected chi connectivity index (χ1v) is 34.7. The topological polar surface area (TPSA) is 418 Å². The number of carbonyl (C=O) groups is 10. The molecule has 6 amide bonds. The Kier molecular flexibility index (Phi) is 46.3. The minimum Gasteiger partial charge on any atom is -0.391 e. The van der Waals surface area contributed by atoms with Gasteiger partial charge in [-0.05, 0) is 94.9 Å². The number of nitrogens with two attached hydrogens (primary N) is 5. The Bertz CT molecular complexity index is 2270. The SMILES string of the molecule is CCCCCCCCCCCCCCCC(=O)N[C@H](C(=O)N[C@@H](CCCN=C(N)N)C(=O)C[C@H](C(=O)N[C@@H](CC(C)C)C(=O)C[C@@H](C)C(=O)N[C@H](C(=O)C[C@@H](CCCCN)C(=O)N[C@@H](CC(C)C)C(=O)C[C@@H](CCCN=C(N)N)C(=O)NC)[C@@H](C)O)C(C)C)C(C)C. The van der Waals surface area contributed by atoms with Crippen LogP contribution in [0.25, 0.3) is 0 Å². The van der Waals surface area contributed by atoms with E-state index in [1.54, 1.807) is 13.8 Å². The third-order valence-corrected chi connectivity index (χ3v) is 16.8. The van der Waals surface area contributed by atoms with Crippen LogP contribution in [0.1, 0.15) is 250 Å². The third-order valence-electron chi connectivity index (χ3n) is 16.8. The van der Waals surface area contributed by atoms with E-state index < -0.39 is 113 Å². The number of unbranched alkanes of at least 4 members (excludes halogenated alkanes) is 13. The minimum atomic E-state index is -1.49. The second kappa shape index (κ2) is 49.5. The highest BCUT2D eigenvalue weighted by atomic mass is 16.3. The molecule has 0 aliphatic heterocycles. The Morgan fingerprint density at radius 3 is 1.34 bits per heavy atom. The average molecular weight is 1300 g/mol. The van der Waals surface area contributed by atoms with E-state index in [1.165, 1.54) is 78.7 Å². The van der Waals surface area contributed by atoms with Crippen LogP contribution in [-0.2, 0) is 47.9 Å². The number of aliphatic hydroxyl groups excluding tert-OH is 1. The highest BCUT2D eigenvalue weighted by Crippen LogP contribution is 2.24. The highest BCUT2D eigenvalue weighted by Gasteiger charge is 2.37. The molecule has 0 aliphatic rings. The first-order valence-electron chi connectivity index (χ1n) is 34.7. The van der Waals surface area contributed by atoms with Gasteiger partial charge in [0.15, 0.2) is 35.1 Å². The molecule has 0 aromatic rings. The molecule has 0 aromatic heterocycles. The molecule has 0 unspecified atom stereocenters. The molecule has 0 radical (unpaired) electrons. The molecule has 10 atom stereocenters. The van der Waals surface area contributed by atoms with E-state index in [2.05, 4.69) is 48.8 Å². The van der Waals surface area contributed by atoms with Gasteiger partial charge in [-0.25, -0.2) is 0 Å². The Labute approximate surface area is 551 Å². The number of nitrogens with zero attached hydrogens (tertiary/aromatic N) is 2. The molecule has 0 aromatic carbocycles. The second-order valence-corrected chi connectivity index (χ2v) is 27.1. The van der Waals surface area contributed by atoms with Crippen molar-refractivity contribution in [1.82, 2.24) is 31.9 Å². The summed E-state index contributed by atoms with van der Waals surface area (Å²) in [4.78, 5) is 147. The molecular formula is C68H127N13O11. The zero-order valence-electron chi connectivity index (χ0n) is 58.6. The average Bonchev–Trinajstić information content (AvgIpc) is 0.932. The van der Waals surface area contributed by atoms with E-state index >= 15 is 0 Å². The molecular weight excluding hydrogens is 1170 g/mol. The van der Waals surface area contributed by atoms with E-state index in [0.717, 1.165) is 19.3 Å². The maximum absolute atomic E-state index is 14.4. The van der Waals surface area contributed by atoms with Gasteiger partial charge < -0.3 is 65.7 Å². The number of amides is 6. The van der Waals surface area contributed by atoms with Gasteiger partial charge in [0, 0.05) is 75.9 Å². The lowest BCUT2D eigenvalue weighted by Crippen LogP contribution is -2.54. The number of hydrogen-bond donors (Lipinski definition) is 12. The summed E-state index contributed by atoms with van der Waals surface area (Å²) in [5.74, 6) is -9.89. The van der Waals surface area contributed by atoms with Crippen LogP contribution in [0.4, 0.5) is 0 Å². The van der Waals surface area contributed by atoms with Gasteiger partial charge >= 0.3 is 0 Å². The molecule has 0 spiro atoms. The van der Waals surface area contributed by atoms with E-state index in [0.29, 0.717) is 45.1 Å². The van der Waals surface area contributed by atoms with Gasteiger partial charge in [0.25, 0.3) is 0 Å². The molecule has 0 fully saturated rings. The zero-order valence-corrected chi connectivity index (χ0v) is 58.6. The van der Waals surface area contributed by atoms with E-state index in [1.807, 2.05) is 41.5 Å². The van der Waals surface area contributed by atoms with Gasteiger partial charge in [-0.2, -0.15) is 0 Å². The largest absolute Gasteiger partial charge is 0.391 e. The van der Waals surface area contributed by atoms with Gasteiger partial charge in [-0.1, -0.05) is 153 Å². The number of hydrogen-bond acceptors (Lipinski definition) is 14. The summed E-state index contributed by atoms with van der Waals surface area (Å²) in [5, 5.41) is 27.6. The molecule has 17 N–H and O–H groups in total. The monoisotopic (exact) mass is 1300 g/mol. The van der Waals surface area contributed by atoms with Crippen molar-refractivity contribution < 1.29 is 53.1 Å². The number of Topliss-reactive ketones (excluding diaryl/α,β-unsaturated/α-hetero) is 4. The first-order chi connectivity index (χ1) is 43.4. The molecule has 0 saturated carbocycles. The van der Waals surface area contributed by atoms with Crippen LogP contribution in [0.15, 0.2) is 9.98 Å². The lowest BCUT2D eigenvalue weighted by atomic mass is 9.86. The van der Waals surface area contributed by atoms with Gasteiger partial charge in [0.2, 0.25) is 35.4 Å². The Morgan fingerprint density at radius 1 is 0.424 bits per heavy atom. The second-order valence-electron chi connectivity index (χ2n) is 27.1. The summed E-state index contributed by atoms with van der Waals surface area (Å²) >= 11 is 0. The fraction of sp³-hybridized carbons (Fsp3) is 0.824. The maximum Gasteiger partial charge on any atom is 0.243 e. The van der Waals surface area contributed by atoms with Crippen LogP contribution < -0.4 is 60.6 Å². The minimum absolute atomic E-state index is 0.0502. The lowest BCUT2D eigenvalue weighted by Gasteiger charge is -2.28. The number of carbonyl (C=O) groups excluding carboxylic acids is 10. The Balaban J connectivity index is 6.28. The van der Waals surface area contributed by atoms with Crippen LogP contribution in [-0.4, -0.2) is 139 Å². The molecule has 530 valence electrons. The van der Waals surface area contributed by atoms with Crippen molar-refractivity contribution in [1.29, 1.82) is 0 Å². The van der Waals surface area contributed by atoms with Crippen molar-refractivity contribution in [2.24, 2.45) is 86.0 Å². The predicted octanol–water partition coefficient (Wildman–Crippen LogP) is 5.98. The van der Waals surface area contributed by atoms with Gasteiger partial charge in [-0.15, -0.1) is 0 Å². The number of aliphatic imine (C=N–C) groups is 2. The van der Waals surface area contributed by atoms with Crippen LogP contribution >= 0.6 is 0 Å². The van der Waals surface area contributed by atoms with Crippen molar-refractivity contribution in [2.75, 3.05) is 26.7 Å². The summed E-state index contributed by atoms with van der Waals surface area (Å²) in [7, 11) is 1.47. The van der Waals surface area contributed by atoms with E-state index in [9.17, 15) is 53.1 Å². The van der Waals surface area contributed by atoms with Gasteiger partial charge in [0.1, 0.15) is 12.1 Å². The Hall–Kier alpha value is -6.04. The molecule has 0 bridgehead atoms. The molecule has 0 heterocycles. The van der Waals surface area contributed by atoms with Gasteiger partial charge in [0.05, 0.1) is 24.2 Å². The van der Waals surface area contributed by atoms with Crippen LogP contribution in [0.3, 0.4) is 0 Å². The molecule has 0 aliphatic carbocycles. The standard InChI is InChI=1S/C68H127N13O11/c1-13-14-15-16-17-18-19-20-21-22-23-24-25-33-59(87)80-60(46(8)9)66(92)77-52(32-29-36-76-68(72)73)57(85)42-51(45(6)7)65(91)79-53(37-43(2)3)55(83)39-47(10)62(88)81-61(48(11)82)58(86)41-50(30-26-27-34-69)64(90)78-54(38-44(4)5)56(84)40-49(63(89)74-12)31-28-35-75-67(70)71/h43-54,60-61,82H,13-42,69H2,1-12H3,(H,74,89)(H,77,92)(H,78,90)(H,79,91)(H,80,87)(H,81,88)(H4,70,71,75)(H4,72,73,76)/t47-,48-,49-,50-,51+,52+,53+,54+,60+,61+/m1/s1. The molecule has 24 heteroatoms. The summed E-state index contributed by atoms with van der Waals surface area (Å²) in [5.41, 5.74) is 27.8. The van der Waals surface area contributed by atoms with Crippen molar-refractivity contribution in [3.05, 3.63) is 0 Å². The van der Waals surface area contributed by atoms with Crippen LogP contribution in [0.2, 0.25) is 0 Å². The lowest BCUT2D eigenvalue weighted by molar-refractivity contribution is -0.137. The maximum atomic E-state index is 14.4. The van der Waals surface area contributed by atoms with Crippen LogP contribution in [0, 0.1) is 47.3 Å². The smallest absolute Gasteiger partial charge is 0.243 e. The quantitative estimate of drug-likeness (QED) is 0.0189. The number of guanidine groups is 2. The first kappa shape index (κ1) is 86.0. The fourth-order valence-corrected chi connectivity index (χ4v) is 11.2. The van der Waals surface area contributed by atoms with E-state index in [-0.39, 0.29) is 112 Å². The highest BCUT2D eigenvalue weighted by molar-refractivity contribution is 5.98. The van der Waals surface area contributed by atoms with Crippen molar-refractivity contribution in [2.45, 2.75) is 286 Å². The number of ketones is 4. The van der Waals surface area contributed by atoms with Crippen molar-refractivity contribution >= 4 is 70.5 Å². The molecule has 92 heavy (non-hydrogen) atoms. The summed E-state index contributed by atoms with van der Waals surface area (Å²) in [6, 6.07) is -5.58. The number of aliphatic hydroxyl groups is 1. The third kappa shape index (κ3) is 38.8. The number of rotatable bonds is 55. The molecule has 0 saturated heterocycles. The molecule has 24 nitrogen and oxygen atoms in total. The number of nitrogens with one attached hydrogen (secondary N) is 6. The van der Waals surface area contributed by atoms with Gasteiger partial charge in [-0.3, -0.25) is 57.9 Å². The van der Waals surface area contributed by atoms with Crippen molar-refractivity contribution in [3.8, 4) is 0 Å². The van der Waals surface area contributed by atoms with Crippen molar-refractivity contribution in [3.63, 3.8) is 0 Å².